The molecule has 1 atom stereocenters. The smallest absolute Gasteiger partial charge is 0.239 e. The minimum absolute atomic E-state index is 0.0642. The van der Waals surface area contributed by atoms with Gasteiger partial charge in [-0.25, -0.2) is 0 Å². The highest BCUT2D eigenvalue weighted by Crippen LogP contribution is 2.22. The number of phenolic OH excluding ortho intramolecular Hbond substituents is 1. The second-order valence-corrected chi connectivity index (χ2v) is 5.07. The maximum atomic E-state index is 11.4. The molecule has 0 saturated carbocycles. The normalized spacial score (nSPS) is 20.5. The third-order valence-electron chi connectivity index (χ3n) is 2.41. The number of benzene rings is 1. The van der Waals surface area contributed by atoms with Crippen LogP contribution in [-0.2, 0) is 9.59 Å². The fourth-order valence-electron chi connectivity index (χ4n) is 1.48. The number of carbonyl (C=O) groups is 2. The lowest BCUT2D eigenvalue weighted by Gasteiger charge is -2.04. The van der Waals surface area contributed by atoms with Crippen LogP contribution in [0.5, 0.6) is 5.75 Å². The van der Waals surface area contributed by atoms with E-state index in [9.17, 15) is 19.8 Å². The molecule has 2 rings (SSSR count). The molecule has 1 aromatic rings. The highest BCUT2D eigenvalue weighted by atomic mass is 32.2. The van der Waals surface area contributed by atoms with Crippen molar-refractivity contribution in [3.05, 3.63) is 29.8 Å². The molecule has 8 heteroatoms. The topological polar surface area (TPSA) is 114 Å². The molecule has 0 bridgehead atoms. The molecule has 1 fully saturated rings. The summed E-state index contributed by atoms with van der Waals surface area (Å²) in [7, 11) is 0. The monoisotopic (exact) mass is 292 g/mol. The number of phenols is 1. The number of rotatable bonds is 4. The van der Waals surface area contributed by atoms with Crippen LogP contribution in [0.2, 0.25) is 0 Å². The van der Waals surface area contributed by atoms with Gasteiger partial charge in [-0.05, 0) is 12.1 Å². The van der Waals surface area contributed by atoms with Crippen molar-refractivity contribution in [2.45, 2.75) is 11.7 Å². The molecule has 0 radical (unpaired) electrons. The maximum absolute atomic E-state index is 11.4. The molecule has 104 valence electrons. The van der Waals surface area contributed by atoms with E-state index in [1.165, 1.54) is 12.3 Å². The van der Waals surface area contributed by atoms with E-state index in [1.54, 1.807) is 18.2 Å². The zero-order chi connectivity index (χ0) is 14.5. The Kier molecular flexibility index (Phi) is 4.36. The van der Waals surface area contributed by atoms with Crippen LogP contribution in [0.15, 0.2) is 34.5 Å². The number of para-hydroxylation sites is 1. The Morgan fingerprint density at radius 2 is 2.25 bits per heavy atom. The van der Waals surface area contributed by atoms with Gasteiger partial charge in [-0.2, -0.15) is 5.10 Å². The molecule has 1 aliphatic rings. The number of amides is 1. The summed E-state index contributed by atoms with van der Waals surface area (Å²) >= 11 is 0.979. The van der Waals surface area contributed by atoms with Crippen LogP contribution in [0.1, 0.15) is 12.0 Å². The standard InChI is InChI=1S/C12H11N3O4S/c16-8-4-2-1-3-7(8)6-13-15-12-14-11(19)9(20-12)5-10(17)18/h1-4,6,9,16H,5H2,(H,17,18)(H,14,15,19)/p-1/b13-6+/t9-/m1/s1. The average molecular weight is 292 g/mol. The van der Waals surface area contributed by atoms with Gasteiger partial charge < -0.3 is 20.3 Å². The molecule has 2 N–H and O–H groups in total. The number of nitrogens with zero attached hydrogens (tertiary/aromatic N) is 2. The first-order valence-electron chi connectivity index (χ1n) is 5.62. The number of hydrogen-bond donors (Lipinski definition) is 2. The summed E-state index contributed by atoms with van der Waals surface area (Å²) in [6.45, 7) is 0. The molecule has 1 saturated heterocycles. The molecular formula is C12H10N3O4S-. The van der Waals surface area contributed by atoms with Crippen LogP contribution in [0, 0.1) is 0 Å². The molecule has 1 aliphatic heterocycles. The van der Waals surface area contributed by atoms with Crippen molar-refractivity contribution in [3.63, 3.8) is 0 Å². The SMILES string of the molecule is O=C([O-])C[C@H]1S/C(=N\N=C\c2ccccc2O)NC1=O. The van der Waals surface area contributed by atoms with E-state index >= 15 is 0 Å². The number of carbonyl (C=O) groups excluding carboxylic acids is 2. The quantitative estimate of drug-likeness (QED) is 0.571. The van der Waals surface area contributed by atoms with E-state index in [1.807, 2.05) is 0 Å². The summed E-state index contributed by atoms with van der Waals surface area (Å²) < 4.78 is 0. The van der Waals surface area contributed by atoms with Gasteiger partial charge in [-0.15, -0.1) is 5.10 Å². The lowest BCUT2D eigenvalue weighted by Crippen LogP contribution is -2.31. The Balaban J connectivity index is 2.01. The number of carboxylic acid groups (broad SMARTS) is 1. The van der Waals surface area contributed by atoms with Gasteiger partial charge in [0.15, 0.2) is 5.17 Å². The van der Waals surface area contributed by atoms with Gasteiger partial charge in [0.1, 0.15) is 5.75 Å². The van der Waals surface area contributed by atoms with E-state index in [2.05, 4.69) is 15.5 Å². The van der Waals surface area contributed by atoms with Crippen molar-refractivity contribution in [2.24, 2.45) is 10.2 Å². The highest BCUT2D eigenvalue weighted by Gasteiger charge is 2.30. The predicted molar refractivity (Wildman–Crippen MR) is 72.3 cm³/mol. The molecule has 1 amide bonds. The Hall–Kier alpha value is -2.35. The van der Waals surface area contributed by atoms with Crippen molar-refractivity contribution < 1.29 is 19.8 Å². The number of amidine groups is 1. The van der Waals surface area contributed by atoms with Crippen LogP contribution in [0.25, 0.3) is 0 Å². The van der Waals surface area contributed by atoms with E-state index in [0.29, 0.717) is 5.56 Å². The van der Waals surface area contributed by atoms with Crippen molar-refractivity contribution in [3.8, 4) is 5.75 Å². The summed E-state index contributed by atoms with van der Waals surface area (Å²) in [5.74, 6) is -1.67. The van der Waals surface area contributed by atoms with E-state index in [-0.39, 0.29) is 17.3 Å². The summed E-state index contributed by atoms with van der Waals surface area (Å²) in [6, 6.07) is 6.57. The molecule has 1 heterocycles. The van der Waals surface area contributed by atoms with Gasteiger partial charge in [-0.1, -0.05) is 23.9 Å². The molecule has 0 unspecified atom stereocenters. The summed E-state index contributed by atoms with van der Waals surface area (Å²) in [5, 5.41) is 29.3. The Morgan fingerprint density at radius 1 is 1.50 bits per heavy atom. The second kappa shape index (κ2) is 6.20. The predicted octanol–water partition coefficient (Wildman–Crippen LogP) is -0.546. The number of aliphatic carboxylic acids is 1. The Labute approximate surface area is 118 Å². The zero-order valence-electron chi connectivity index (χ0n) is 10.1. The largest absolute Gasteiger partial charge is 0.550 e. The minimum Gasteiger partial charge on any atom is -0.550 e. The summed E-state index contributed by atoms with van der Waals surface area (Å²) in [5.41, 5.74) is 0.484. The molecule has 0 aliphatic carbocycles. The summed E-state index contributed by atoms with van der Waals surface area (Å²) in [6.07, 6.45) is 0.958. The Bertz CT molecular complexity index is 600. The van der Waals surface area contributed by atoms with Crippen molar-refractivity contribution in [1.82, 2.24) is 5.32 Å². The highest BCUT2D eigenvalue weighted by molar-refractivity contribution is 8.15. The number of hydrogen-bond acceptors (Lipinski definition) is 7. The number of aromatic hydroxyl groups is 1. The molecular weight excluding hydrogens is 282 g/mol. The van der Waals surface area contributed by atoms with E-state index < -0.39 is 17.1 Å². The van der Waals surface area contributed by atoms with Crippen LogP contribution in [0.3, 0.4) is 0 Å². The first kappa shape index (κ1) is 14.1. The van der Waals surface area contributed by atoms with Gasteiger partial charge in [0.2, 0.25) is 5.91 Å². The number of thioether (sulfide) groups is 1. The van der Waals surface area contributed by atoms with E-state index in [4.69, 9.17) is 0 Å². The lowest BCUT2D eigenvalue weighted by atomic mass is 10.2. The zero-order valence-corrected chi connectivity index (χ0v) is 11.0. The van der Waals surface area contributed by atoms with Gasteiger partial charge in [0.05, 0.1) is 11.5 Å². The van der Waals surface area contributed by atoms with E-state index in [0.717, 1.165) is 11.8 Å². The fourth-order valence-corrected chi connectivity index (χ4v) is 2.39. The molecule has 1 aromatic carbocycles. The van der Waals surface area contributed by atoms with Gasteiger partial charge in [-0.3, -0.25) is 4.79 Å². The molecule has 0 spiro atoms. The maximum Gasteiger partial charge on any atom is 0.239 e. The molecule has 7 nitrogen and oxygen atoms in total. The average Bonchev–Trinajstić information content (AvgIpc) is 2.72. The molecule has 20 heavy (non-hydrogen) atoms. The van der Waals surface area contributed by atoms with Gasteiger partial charge >= 0.3 is 0 Å². The first-order valence-corrected chi connectivity index (χ1v) is 6.50. The van der Waals surface area contributed by atoms with Gasteiger partial charge in [0.25, 0.3) is 0 Å². The van der Waals surface area contributed by atoms with Crippen LogP contribution >= 0.6 is 11.8 Å². The van der Waals surface area contributed by atoms with Crippen molar-refractivity contribution in [1.29, 1.82) is 0 Å². The second-order valence-electron chi connectivity index (χ2n) is 3.88. The third-order valence-corrected chi connectivity index (χ3v) is 3.48. The van der Waals surface area contributed by atoms with Crippen molar-refractivity contribution >= 4 is 35.0 Å². The number of carboxylic acids is 1. The van der Waals surface area contributed by atoms with Crippen LogP contribution in [-0.4, -0.2) is 33.6 Å². The number of nitrogens with one attached hydrogen (secondary N) is 1. The fraction of sp³-hybridized carbons (Fsp3) is 0.167. The third kappa shape index (κ3) is 3.58. The van der Waals surface area contributed by atoms with Gasteiger partial charge in [0, 0.05) is 18.0 Å². The van der Waals surface area contributed by atoms with Crippen molar-refractivity contribution in [2.75, 3.05) is 0 Å². The van der Waals surface area contributed by atoms with Crippen LogP contribution in [0.4, 0.5) is 0 Å². The Morgan fingerprint density at radius 3 is 2.95 bits per heavy atom. The first-order chi connectivity index (χ1) is 9.56. The molecule has 0 aromatic heterocycles. The lowest BCUT2D eigenvalue weighted by molar-refractivity contribution is -0.305. The minimum atomic E-state index is -1.29. The summed E-state index contributed by atoms with van der Waals surface area (Å²) in [4.78, 5) is 21.9. The van der Waals surface area contributed by atoms with Crippen LogP contribution < -0.4 is 10.4 Å².